The summed E-state index contributed by atoms with van der Waals surface area (Å²) in [6, 6.07) is 10.2. The quantitative estimate of drug-likeness (QED) is 0.928. The van der Waals surface area contributed by atoms with Gasteiger partial charge in [0.25, 0.3) is 0 Å². The highest BCUT2D eigenvalue weighted by molar-refractivity contribution is 7.93. The van der Waals surface area contributed by atoms with Crippen LogP contribution in [0.15, 0.2) is 30.3 Å². The van der Waals surface area contributed by atoms with Crippen LogP contribution in [0.4, 0.5) is 0 Å². The Labute approximate surface area is 120 Å². The number of hydrogen-bond acceptors (Lipinski definition) is 3. The summed E-state index contributed by atoms with van der Waals surface area (Å²) < 4.78 is 24.1. The molecule has 1 N–H and O–H groups in total. The summed E-state index contributed by atoms with van der Waals surface area (Å²) in [6.45, 7) is 0. The number of rotatable bonds is 4. The molecule has 110 valence electrons. The Morgan fingerprint density at radius 3 is 2.30 bits per heavy atom. The Bertz CT molecular complexity index is 545. The smallest absolute Gasteiger partial charge is 0.156 e. The number of hydrogen-bond donors (Lipinski definition) is 1. The first-order valence-electron chi connectivity index (χ1n) is 7.49. The monoisotopic (exact) mass is 294 g/mol. The van der Waals surface area contributed by atoms with Crippen LogP contribution in [0, 0.1) is 0 Å². The third kappa shape index (κ3) is 2.63. The van der Waals surface area contributed by atoms with E-state index in [0.717, 1.165) is 25.7 Å². The van der Waals surface area contributed by atoms with Gasteiger partial charge in [0.2, 0.25) is 0 Å². The van der Waals surface area contributed by atoms with E-state index in [1.54, 1.807) is 0 Å². The van der Waals surface area contributed by atoms with E-state index < -0.39 is 15.4 Å². The van der Waals surface area contributed by atoms with Crippen molar-refractivity contribution in [2.75, 3.05) is 0 Å². The molecule has 1 aromatic rings. The van der Waals surface area contributed by atoms with Gasteiger partial charge in [0.1, 0.15) is 0 Å². The number of sulfone groups is 1. The summed E-state index contributed by atoms with van der Waals surface area (Å²) in [7, 11) is -2.94. The number of aryl methyl sites for hydroxylation is 1. The Morgan fingerprint density at radius 2 is 1.70 bits per heavy atom. The molecule has 2 unspecified atom stereocenters. The van der Waals surface area contributed by atoms with Gasteiger partial charge in [-0.25, -0.2) is 8.42 Å². The first-order chi connectivity index (χ1) is 9.50. The summed E-state index contributed by atoms with van der Waals surface area (Å²) in [5, 5.41) is 10.1. The van der Waals surface area contributed by atoms with E-state index in [1.165, 1.54) is 5.56 Å². The average molecular weight is 294 g/mol. The number of fused-ring (bicyclic) bond motifs is 2. The third-order valence-electron chi connectivity index (χ3n) is 4.91. The second-order valence-corrected chi connectivity index (χ2v) is 8.89. The highest BCUT2D eigenvalue weighted by Gasteiger charge is 2.52. The molecule has 2 atom stereocenters. The van der Waals surface area contributed by atoms with Crippen LogP contribution < -0.4 is 0 Å². The van der Waals surface area contributed by atoms with Crippen molar-refractivity contribution in [3.8, 4) is 0 Å². The first-order valence-corrected chi connectivity index (χ1v) is 9.10. The second-order valence-electron chi connectivity index (χ2n) is 6.38. The second kappa shape index (κ2) is 5.15. The Kier molecular flexibility index (Phi) is 3.63. The molecule has 2 aliphatic heterocycles. The lowest BCUT2D eigenvalue weighted by Gasteiger charge is -2.36. The fourth-order valence-corrected chi connectivity index (χ4v) is 6.37. The predicted octanol–water partition coefficient (Wildman–Crippen LogP) is 2.48. The molecule has 0 saturated carbocycles. The van der Waals surface area contributed by atoms with E-state index in [4.69, 9.17) is 0 Å². The lowest BCUT2D eigenvalue weighted by Crippen LogP contribution is -2.44. The molecule has 1 aromatic carbocycles. The molecule has 0 radical (unpaired) electrons. The molecule has 0 aromatic heterocycles. The molecule has 4 heteroatoms. The van der Waals surface area contributed by atoms with Crippen molar-refractivity contribution in [2.24, 2.45) is 0 Å². The molecule has 3 nitrogen and oxygen atoms in total. The molecule has 2 fully saturated rings. The lowest BCUT2D eigenvalue weighted by molar-refractivity contribution is 0.0115. The summed E-state index contributed by atoms with van der Waals surface area (Å²) in [5.74, 6) is 0. The Hall–Kier alpha value is -0.870. The van der Waals surface area contributed by atoms with Crippen molar-refractivity contribution in [1.82, 2.24) is 0 Å². The maximum atomic E-state index is 12.0. The molecule has 2 heterocycles. The van der Waals surface area contributed by atoms with Gasteiger partial charge in [0, 0.05) is 0 Å². The zero-order valence-electron chi connectivity index (χ0n) is 11.7. The predicted molar refractivity (Wildman–Crippen MR) is 79.3 cm³/mol. The summed E-state index contributed by atoms with van der Waals surface area (Å²) in [6.07, 6.45) is 4.96. The minimum Gasteiger partial charge on any atom is -0.390 e. The normalized spacial score (nSPS) is 35.0. The molecule has 0 spiro atoms. The highest BCUT2D eigenvalue weighted by atomic mass is 32.2. The average Bonchev–Trinajstić information content (AvgIpc) is 2.60. The standard InChI is InChI=1S/C16H22O3S/c17-16(10-4-7-13-5-2-1-3-6-13)11-14-8-9-15(12-16)20(14,18)19/h1-3,5-6,14-15,17H,4,7-12H2. The molecule has 2 aliphatic rings. The SMILES string of the molecule is O=S1(=O)C2CCC1CC(O)(CCCc1ccccc1)C2. The maximum Gasteiger partial charge on any atom is 0.156 e. The molecular formula is C16H22O3S. The van der Waals surface area contributed by atoms with Crippen molar-refractivity contribution in [2.45, 2.75) is 61.0 Å². The van der Waals surface area contributed by atoms with E-state index in [0.29, 0.717) is 19.3 Å². The highest BCUT2D eigenvalue weighted by Crippen LogP contribution is 2.44. The van der Waals surface area contributed by atoms with E-state index >= 15 is 0 Å². The maximum absolute atomic E-state index is 12.0. The Balaban J connectivity index is 1.59. The van der Waals surface area contributed by atoms with E-state index in [-0.39, 0.29) is 10.5 Å². The van der Waals surface area contributed by atoms with Crippen LogP contribution in [0.2, 0.25) is 0 Å². The van der Waals surface area contributed by atoms with Crippen LogP contribution in [-0.4, -0.2) is 29.6 Å². The topological polar surface area (TPSA) is 54.4 Å². The molecule has 0 amide bonds. The van der Waals surface area contributed by atoms with Gasteiger partial charge < -0.3 is 5.11 Å². The van der Waals surface area contributed by atoms with Crippen LogP contribution in [0.25, 0.3) is 0 Å². The van der Waals surface area contributed by atoms with Gasteiger partial charge in [0.15, 0.2) is 9.84 Å². The fraction of sp³-hybridized carbons (Fsp3) is 0.625. The summed E-state index contributed by atoms with van der Waals surface area (Å²) >= 11 is 0. The first kappa shape index (κ1) is 14.1. The summed E-state index contributed by atoms with van der Waals surface area (Å²) in [5.41, 5.74) is 0.522. The Morgan fingerprint density at radius 1 is 1.10 bits per heavy atom. The largest absolute Gasteiger partial charge is 0.390 e. The van der Waals surface area contributed by atoms with Crippen LogP contribution in [0.1, 0.15) is 44.1 Å². The fourth-order valence-electron chi connectivity index (χ4n) is 3.81. The molecule has 2 bridgehead atoms. The molecule has 3 rings (SSSR count). The van der Waals surface area contributed by atoms with Crippen LogP contribution in [0.5, 0.6) is 0 Å². The minimum absolute atomic E-state index is 0.289. The van der Waals surface area contributed by atoms with Crippen molar-refractivity contribution in [1.29, 1.82) is 0 Å². The molecular weight excluding hydrogens is 272 g/mol. The van der Waals surface area contributed by atoms with Gasteiger partial charge in [-0.15, -0.1) is 0 Å². The van der Waals surface area contributed by atoms with Gasteiger partial charge in [0.05, 0.1) is 16.1 Å². The van der Waals surface area contributed by atoms with E-state index in [9.17, 15) is 13.5 Å². The van der Waals surface area contributed by atoms with Crippen molar-refractivity contribution in [3.05, 3.63) is 35.9 Å². The van der Waals surface area contributed by atoms with Crippen LogP contribution in [-0.2, 0) is 16.3 Å². The van der Waals surface area contributed by atoms with Gasteiger partial charge in [-0.05, 0) is 50.5 Å². The zero-order chi connectivity index (χ0) is 14.2. The molecule has 0 aliphatic carbocycles. The van der Waals surface area contributed by atoms with Gasteiger partial charge in [-0.3, -0.25) is 0 Å². The summed E-state index contributed by atoms with van der Waals surface area (Å²) in [4.78, 5) is 0. The van der Waals surface area contributed by atoms with Crippen molar-refractivity contribution >= 4 is 9.84 Å². The van der Waals surface area contributed by atoms with Gasteiger partial charge in [-0.2, -0.15) is 0 Å². The lowest BCUT2D eigenvalue weighted by atomic mass is 9.87. The van der Waals surface area contributed by atoms with Crippen LogP contribution >= 0.6 is 0 Å². The minimum atomic E-state index is -2.94. The number of aliphatic hydroxyl groups is 1. The van der Waals surface area contributed by atoms with Gasteiger partial charge >= 0.3 is 0 Å². The van der Waals surface area contributed by atoms with Crippen LogP contribution in [0.3, 0.4) is 0 Å². The van der Waals surface area contributed by atoms with Gasteiger partial charge in [-0.1, -0.05) is 30.3 Å². The molecule has 2 saturated heterocycles. The number of benzene rings is 1. The molecule has 20 heavy (non-hydrogen) atoms. The zero-order valence-corrected chi connectivity index (χ0v) is 12.5. The third-order valence-corrected chi connectivity index (χ3v) is 7.57. The van der Waals surface area contributed by atoms with Crippen molar-refractivity contribution < 1.29 is 13.5 Å². The van der Waals surface area contributed by atoms with Crippen molar-refractivity contribution in [3.63, 3.8) is 0 Å². The van der Waals surface area contributed by atoms with E-state index in [2.05, 4.69) is 12.1 Å². The van der Waals surface area contributed by atoms with E-state index in [1.807, 2.05) is 18.2 Å².